The Bertz CT molecular complexity index is 464. The molecular formula is C11H13NOS2. The van der Waals surface area contributed by atoms with Crippen molar-refractivity contribution in [2.75, 3.05) is 5.75 Å². The smallest absolute Gasteiger partial charge is 0.152 e. The van der Waals surface area contributed by atoms with Crippen molar-refractivity contribution in [1.82, 2.24) is 4.98 Å². The molecular weight excluding hydrogens is 226 g/mol. The highest BCUT2D eigenvalue weighted by Gasteiger charge is 2.25. The number of nitrogens with zero attached hydrogens (tertiary/aromatic N) is 1. The summed E-state index contributed by atoms with van der Waals surface area (Å²) in [4.78, 5) is 4.36. The minimum Gasteiger partial charge on any atom is -0.462 e. The van der Waals surface area contributed by atoms with Crippen molar-refractivity contribution >= 4 is 33.6 Å². The van der Waals surface area contributed by atoms with Crippen LogP contribution >= 0.6 is 22.5 Å². The zero-order chi connectivity index (χ0) is 10.9. The second-order valence-electron chi connectivity index (χ2n) is 4.16. The Morgan fingerprint density at radius 3 is 3.07 bits per heavy atom. The van der Waals surface area contributed by atoms with Gasteiger partial charge < -0.3 is 4.42 Å². The molecule has 2 heterocycles. The maximum atomic E-state index is 5.48. The summed E-state index contributed by atoms with van der Waals surface area (Å²) in [6.07, 6.45) is 3.60. The molecule has 0 amide bonds. The van der Waals surface area contributed by atoms with E-state index in [0.29, 0.717) is 0 Å². The summed E-state index contributed by atoms with van der Waals surface area (Å²) in [6.45, 7) is 4.35. The summed E-state index contributed by atoms with van der Waals surface area (Å²) in [7, 11) is 1.54. The van der Waals surface area contributed by atoms with E-state index in [1.807, 2.05) is 18.4 Å². The standard InChI is InChI=1S/C11H13NOS2/c1-11(2,7-15-14)8-6-13-9-4-3-5-12-10(8)9/h3-6,14H,7H2,1-2H3. The first-order valence-corrected chi connectivity index (χ1v) is 6.78. The van der Waals surface area contributed by atoms with Crippen LogP contribution in [0.3, 0.4) is 0 Å². The number of hydrogen-bond donors (Lipinski definition) is 1. The van der Waals surface area contributed by atoms with Crippen LogP contribution in [-0.4, -0.2) is 10.7 Å². The van der Waals surface area contributed by atoms with Gasteiger partial charge in [0.25, 0.3) is 0 Å². The van der Waals surface area contributed by atoms with Crippen LogP contribution in [0.15, 0.2) is 29.0 Å². The van der Waals surface area contributed by atoms with Gasteiger partial charge in [0.15, 0.2) is 5.58 Å². The minimum atomic E-state index is 0.0337. The zero-order valence-corrected chi connectivity index (χ0v) is 10.4. The molecule has 2 nitrogen and oxygen atoms in total. The fourth-order valence-electron chi connectivity index (χ4n) is 1.59. The number of pyridine rings is 1. The van der Waals surface area contributed by atoms with Gasteiger partial charge in [-0.05, 0) is 12.1 Å². The SMILES string of the molecule is CC(C)(CSS)c1coc2cccnc12. The second kappa shape index (κ2) is 4.10. The Morgan fingerprint density at radius 1 is 1.53 bits per heavy atom. The molecule has 0 N–H and O–H groups in total. The number of thiol groups is 1. The summed E-state index contributed by atoms with van der Waals surface area (Å²) >= 11 is 4.21. The lowest BCUT2D eigenvalue weighted by molar-refractivity contribution is 0.564. The predicted octanol–water partition coefficient (Wildman–Crippen LogP) is 3.68. The van der Waals surface area contributed by atoms with Crippen molar-refractivity contribution in [3.05, 3.63) is 30.2 Å². The Kier molecular flexibility index (Phi) is 2.98. The van der Waals surface area contributed by atoms with Crippen LogP contribution in [0.1, 0.15) is 19.4 Å². The number of fused-ring (bicyclic) bond motifs is 1. The quantitative estimate of drug-likeness (QED) is 0.653. The van der Waals surface area contributed by atoms with Crippen LogP contribution in [0.5, 0.6) is 0 Å². The third-order valence-electron chi connectivity index (χ3n) is 2.48. The monoisotopic (exact) mass is 239 g/mol. The van der Waals surface area contributed by atoms with Crippen LogP contribution in [0.25, 0.3) is 11.1 Å². The van der Waals surface area contributed by atoms with Crippen molar-refractivity contribution in [2.24, 2.45) is 0 Å². The largest absolute Gasteiger partial charge is 0.462 e. The van der Waals surface area contributed by atoms with E-state index >= 15 is 0 Å². The summed E-state index contributed by atoms with van der Waals surface area (Å²) in [5.41, 5.74) is 3.00. The van der Waals surface area contributed by atoms with Gasteiger partial charge in [0.2, 0.25) is 0 Å². The van der Waals surface area contributed by atoms with E-state index in [2.05, 4.69) is 30.5 Å². The maximum Gasteiger partial charge on any atom is 0.152 e. The molecule has 0 aliphatic carbocycles. The molecule has 0 fully saturated rings. The first kappa shape index (κ1) is 10.9. The molecule has 0 bridgehead atoms. The van der Waals surface area contributed by atoms with E-state index < -0.39 is 0 Å². The molecule has 0 radical (unpaired) electrons. The first-order chi connectivity index (χ1) is 7.15. The van der Waals surface area contributed by atoms with E-state index in [-0.39, 0.29) is 5.41 Å². The molecule has 2 rings (SSSR count). The summed E-state index contributed by atoms with van der Waals surface area (Å²) < 4.78 is 5.48. The Hall–Kier alpha value is -0.610. The molecule has 0 saturated heterocycles. The average Bonchev–Trinajstić information content (AvgIpc) is 2.61. The molecule has 80 valence electrons. The third-order valence-corrected chi connectivity index (χ3v) is 3.72. The minimum absolute atomic E-state index is 0.0337. The first-order valence-electron chi connectivity index (χ1n) is 4.74. The Morgan fingerprint density at radius 2 is 2.33 bits per heavy atom. The van der Waals surface area contributed by atoms with Crippen molar-refractivity contribution in [1.29, 1.82) is 0 Å². The molecule has 0 saturated carbocycles. The number of aromatic nitrogens is 1. The molecule has 0 atom stereocenters. The molecule has 0 aliphatic heterocycles. The van der Waals surface area contributed by atoms with Gasteiger partial charge in [0, 0.05) is 22.9 Å². The van der Waals surface area contributed by atoms with E-state index in [1.165, 1.54) is 0 Å². The molecule has 0 spiro atoms. The third kappa shape index (κ3) is 2.01. The zero-order valence-electron chi connectivity index (χ0n) is 8.73. The van der Waals surface area contributed by atoms with Gasteiger partial charge in [0.1, 0.15) is 5.52 Å². The molecule has 15 heavy (non-hydrogen) atoms. The maximum absolute atomic E-state index is 5.48. The van der Waals surface area contributed by atoms with Crippen LogP contribution in [0.2, 0.25) is 0 Å². The van der Waals surface area contributed by atoms with Gasteiger partial charge >= 0.3 is 0 Å². The van der Waals surface area contributed by atoms with Crippen molar-refractivity contribution < 1.29 is 4.42 Å². The lowest BCUT2D eigenvalue weighted by Crippen LogP contribution is -2.19. The molecule has 0 aromatic carbocycles. The van der Waals surface area contributed by atoms with E-state index in [0.717, 1.165) is 22.4 Å². The topological polar surface area (TPSA) is 26.0 Å². The van der Waals surface area contributed by atoms with Gasteiger partial charge in [-0.25, -0.2) is 0 Å². The molecule has 2 aromatic rings. The fourth-order valence-corrected chi connectivity index (χ4v) is 3.03. The van der Waals surface area contributed by atoms with Crippen LogP contribution in [0.4, 0.5) is 0 Å². The van der Waals surface area contributed by atoms with Crippen LogP contribution < -0.4 is 0 Å². The van der Waals surface area contributed by atoms with Gasteiger partial charge in [-0.15, -0.1) is 11.7 Å². The highest BCUT2D eigenvalue weighted by molar-refractivity contribution is 8.68. The van der Waals surface area contributed by atoms with Crippen molar-refractivity contribution in [3.63, 3.8) is 0 Å². The highest BCUT2D eigenvalue weighted by Crippen LogP contribution is 2.33. The number of rotatable bonds is 3. The van der Waals surface area contributed by atoms with Gasteiger partial charge in [-0.3, -0.25) is 4.98 Å². The summed E-state index contributed by atoms with van der Waals surface area (Å²) in [6, 6.07) is 3.83. The second-order valence-corrected chi connectivity index (χ2v) is 5.48. The molecule has 2 aromatic heterocycles. The van der Waals surface area contributed by atoms with Crippen molar-refractivity contribution in [2.45, 2.75) is 19.3 Å². The lowest BCUT2D eigenvalue weighted by Gasteiger charge is -2.21. The molecule has 0 unspecified atom stereocenters. The molecule has 4 heteroatoms. The van der Waals surface area contributed by atoms with Gasteiger partial charge in [0.05, 0.1) is 6.26 Å². The Balaban J connectivity index is 2.52. The van der Waals surface area contributed by atoms with E-state index in [9.17, 15) is 0 Å². The number of hydrogen-bond acceptors (Lipinski definition) is 4. The molecule has 0 aliphatic rings. The summed E-state index contributed by atoms with van der Waals surface area (Å²) in [5, 5.41) is 0. The van der Waals surface area contributed by atoms with Crippen LogP contribution in [-0.2, 0) is 5.41 Å². The fraction of sp³-hybridized carbons (Fsp3) is 0.364. The average molecular weight is 239 g/mol. The van der Waals surface area contributed by atoms with E-state index in [1.54, 1.807) is 17.0 Å². The highest BCUT2D eigenvalue weighted by atomic mass is 33.1. The van der Waals surface area contributed by atoms with Gasteiger partial charge in [-0.2, -0.15) is 0 Å². The van der Waals surface area contributed by atoms with Crippen LogP contribution in [0, 0.1) is 0 Å². The number of furan rings is 1. The lowest BCUT2D eigenvalue weighted by atomic mass is 9.88. The normalized spacial score (nSPS) is 12.2. The van der Waals surface area contributed by atoms with Gasteiger partial charge in [-0.1, -0.05) is 24.6 Å². The predicted molar refractivity (Wildman–Crippen MR) is 68.5 cm³/mol. The van der Waals surface area contributed by atoms with E-state index in [4.69, 9.17) is 4.42 Å². The Labute approximate surface area is 98.3 Å². The summed E-state index contributed by atoms with van der Waals surface area (Å²) in [5.74, 6) is 0.932. The van der Waals surface area contributed by atoms with Crippen molar-refractivity contribution in [3.8, 4) is 0 Å².